The van der Waals surface area contributed by atoms with Crippen molar-refractivity contribution in [1.29, 1.82) is 0 Å². The van der Waals surface area contributed by atoms with Crippen LogP contribution in [0.3, 0.4) is 0 Å². The molecule has 0 aromatic carbocycles. The summed E-state index contributed by atoms with van der Waals surface area (Å²) in [7, 11) is 0. The number of hydrogen-bond acceptors (Lipinski definition) is 1. The zero-order chi connectivity index (χ0) is 34.8. The second-order valence-corrected chi connectivity index (χ2v) is 8.04. The highest BCUT2D eigenvalue weighted by atomic mass is 19.4. The first kappa shape index (κ1) is 40.2. The van der Waals surface area contributed by atoms with Crippen LogP contribution in [0.2, 0.25) is 0 Å². The monoisotopic (exact) mass is 692 g/mol. The predicted octanol–water partition coefficient (Wildman–Crippen LogP) is 9.66. The molecule has 0 bridgehead atoms. The Morgan fingerprint density at radius 1 is 0.429 bits per heavy atom. The van der Waals surface area contributed by atoms with E-state index in [1.54, 1.807) is 0 Å². The highest BCUT2D eigenvalue weighted by Crippen LogP contribution is 2.64. The quantitative estimate of drug-likeness (QED) is 0.231. The first-order valence-corrected chi connectivity index (χ1v) is 9.69. The highest BCUT2D eigenvalue weighted by molar-refractivity contribution is 5.14. The summed E-state index contributed by atoms with van der Waals surface area (Å²) in [5.41, 5.74) is 0. The number of alkyl halides is 25. The van der Waals surface area contributed by atoms with Crippen LogP contribution >= 0.6 is 0 Å². The lowest BCUT2D eigenvalue weighted by atomic mass is 9.91. The molecular weight excluding hydrogens is 683 g/mol. The lowest BCUT2D eigenvalue weighted by Gasteiger charge is -2.41. The number of ether oxygens (including phenoxy) is 1. The minimum atomic E-state index is -8.72. The number of hydrogen-bond donors (Lipinski definition) is 0. The summed E-state index contributed by atoms with van der Waals surface area (Å²) in [5.74, 6) is -66.7. The molecule has 1 fully saturated rings. The van der Waals surface area contributed by atoms with E-state index in [4.69, 9.17) is 0 Å². The summed E-state index contributed by atoms with van der Waals surface area (Å²) in [5, 5.41) is 0. The van der Waals surface area contributed by atoms with Gasteiger partial charge in [0.2, 0.25) is 0 Å². The largest absolute Gasteiger partial charge is 0.460 e. The van der Waals surface area contributed by atoms with E-state index in [1.165, 1.54) is 6.92 Å². The van der Waals surface area contributed by atoms with Gasteiger partial charge in [-0.2, -0.15) is 105 Å². The molecule has 0 spiro atoms. The summed E-state index contributed by atoms with van der Waals surface area (Å²) in [6.07, 6.45) is -22.4. The molecule has 0 amide bonds. The van der Waals surface area contributed by atoms with Crippen molar-refractivity contribution in [3.8, 4) is 0 Å². The third kappa shape index (κ3) is 5.38. The molecule has 1 saturated heterocycles. The fraction of sp³-hybridized carbons (Fsp3) is 1.00. The Morgan fingerprint density at radius 3 is 0.881 bits per heavy atom. The molecule has 0 saturated carbocycles. The topological polar surface area (TPSA) is 9.23 Å². The molecule has 1 nitrogen and oxygen atoms in total. The Labute approximate surface area is 213 Å². The van der Waals surface area contributed by atoms with Crippen LogP contribution in [0.1, 0.15) is 26.2 Å². The van der Waals surface area contributed by atoms with Gasteiger partial charge in [0.1, 0.15) is 0 Å². The highest BCUT2D eigenvalue weighted by Gasteiger charge is 2.95. The second-order valence-electron chi connectivity index (χ2n) is 8.04. The number of unbranched alkanes of at least 4 members (excludes halogenated alkanes) is 1. The van der Waals surface area contributed by atoms with E-state index in [-0.39, 0.29) is 12.8 Å². The molecule has 254 valence electrons. The van der Waals surface area contributed by atoms with Gasteiger partial charge in [-0.3, -0.25) is 4.74 Å². The molecule has 26 heteroatoms. The van der Waals surface area contributed by atoms with Crippen molar-refractivity contribution in [2.75, 3.05) is 0 Å². The minimum Gasteiger partial charge on any atom is -0.272 e. The number of halogens is 25. The molecule has 1 aliphatic heterocycles. The van der Waals surface area contributed by atoms with Gasteiger partial charge in [-0.1, -0.05) is 13.3 Å². The average molecular weight is 692 g/mol. The van der Waals surface area contributed by atoms with Crippen LogP contribution < -0.4 is 0 Å². The van der Waals surface area contributed by atoms with E-state index >= 15 is 0 Å². The fourth-order valence-corrected chi connectivity index (χ4v) is 2.51. The van der Waals surface area contributed by atoms with Gasteiger partial charge in [-0.15, -0.1) is 0 Å². The second kappa shape index (κ2) is 10.4. The molecule has 42 heavy (non-hydrogen) atoms. The normalized spacial score (nSPS) is 23.9. The van der Waals surface area contributed by atoms with Gasteiger partial charge < -0.3 is 0 Å². The Kier molecular flexibility index (Phi) is 9.95. The lowest BCUT2D eigenvalue weighted by Crippen LogP contribution is -2.74. The molecule has 1 aliphatic rings. The molecular formula is C16H9F25O. The SMILES string of the molecule is CCCCC1(F)OC(F)(F)C(F)(F)C1(F)F.FC(F)(F)C(F)(F)C(F)(F)C(F)(F)C(F)(F)C(F)(F)C(F)(F)C(F)(F)F. The minimum absolute atomic E-state index is 0.183. The maximum absolute atomic E-state index is 13.3. The smallest absolute Gasteiger partial charge is 0.272 e. The molecule has 0 aliphatic carbocycles. The van der Waals surface area contributed by atoms with Crippen molar-refractivity contribution < 1.29 is 114 Å². The lowest BCUT2D eigenvalue weighted by molar-refractivity contribution is -0.468. The summed E-state index contributed by atoms with van der Waals surface area (Å²) in [6, 6.07) is 0. The summed E-state index contributed by atoms with van der Waals surface area (Å²) in [4.78, 5) is 0. The molecule has 0 aromatic rings. The molecule has 1 atom stereocenters. The molecule has 0 aromatic heterocycles. The van der Waals surface area contributed by atoms with Crippen molar-refractivity contribution in [3.05, 3.63) is 0 Å². The van der Waals surface area contributed by atoms with Crippen LogP contribution in [0.5, 0.6) is 0 Å². The molecule has 0 N–H and O–H groups in total. The third-order valence-electron chi connectivity index (χ3n) is 5.05. The van der Waals surface area contributed by atoms with Gasteiger partial charge in [0.25, 0.3) is 5.85 Å². The maximum atomic E-state index is 13.3. The van der Waals surface area contributed by atoms with Crippen LogP contribution in [-0.2, 0) is 4.74 Å². The van der Waals surface area contributed by atoms with E-state index in [0.29, 0.717) is 0 Å². The van der Waals surface area contributed by atoms with Gasteiger partial charge >= 0.3 is 65.8 Å². The Hall–Kier alpha value is -1.79. The Morgan fingerprint density at radius 2 is 0.690 bits per heavy atom. The van der Waals surface area contributed by atoms with Crippen molar-refractivity contribution in [2.45, 2.75) is 97.9 Å². The van der Waals surface area contributed by atoms with Crippen LogP contribution in [0, 0.1) is 0 Å². The van der Waals surface area contributed by atoms with Gasteiger partial charge in [-0.25, -0.2) is 4.39 Å². The van der Waals surface area contributed by atoms with Crippen LogP contribution in [-0.4, -0.2) is 71.7 Å². The van der Waals surface area contributed by atoms with Gasteiger partial charge in [0, 0.05) is 6.42 Å². The molecule has 1 rings (SSSR count). The van der Waals surface area contributed by atoms with Gasteiger partial charge in [0.05, 0.1) is 0 Å². The Bertz CT molecular complexity index is 893. The van der Waals surface area contributed by atoms with Crippen molar-refractivity contribution in [3.63, 3.8) is 0 Å². The predicted molar refractivity (Wildman–Crippen MR) is 81.1 cm³/mol. The summed E-state index contributed by atoms with van der Waals surface area (Å²) in [6.45, 7) is 1.47. The third-order valence-corrected chi connectivity index (χ3v) is 5.05. The van der Waals surface area contributed by atoms with Crippen LogP contribution in [0.4, 0.5) is 110 Å². The van der Waals surface area contributed by atoms with Gasteiger partial charge in [-0.05, 0) is 6.42 Å². The van der Waals surface area contributed by atoms with Crippen LogP contribution in [0.15, 0.2) is 0 Å². The standard InChI is InChI=1S/C8F18.C8H9F7O/c9-1(10,3(13,14)5(17,18)7(21,22)23)2(11,12)4(15,16)6(19,20)8(24,25)26;1-2-3-4-5(9)6(10,11)7(12,13)8(14,15)16-5/h;2-4H2,1H3. The first-order chi connectivity index (χ1) is 17.8. The maximum Gasteiger partial charge on any atom is 0.460 e. The zero-order valence-corrected chi connectivity index (χ0v) is 19.0. The molecule has 0 radical (unpaired) electrons. The van der Waals surface area contributed by atoms with Crippen molar-refractivity contribution in [2.24, 2.45) is 0 Å². The van der Waals surface area contributed by atoms with E-state index < -0.39 is 78.1 Å². The average Bonchev–Trinajstić information content (AvgIpc) is 2.84. The van der Waals surface area contributed by atoms with E-state index in [9.17, 15) is 110 Å². The summed E-state index contributed by atoms with van der Waals surface area (Å²) < 4.78 is 313. The van der Waals surface area contributed by atoms with Crippen LogP contribution in [0.25, 0.3) is 0 Å². The zero-order valence-electron chi connectivity index (χ0n) is 19.0. The van der Waals surface area contributed by atoms with Gasteiger partial charge in [0.15, 0.2) is 0 Å². The molecule has 1 unspecified atom stereocenters. The number of rotatable bonds is 8. The van der Waals surface area contributed by atoms with Crippen molar-refractivity contribution in [1.82, 2.24) is 0 Å². The summed E-state index contributed by atoms with van der Waals surface area (Å²) >= 11 is 0. The van der Waals surface area contributed by atoms with E-state index in [0.717, 1.165) is 0 Å². The van der Waals surface area contributed by atoms with Crippen molar-refractivity contribution >= 4 is 0 Å². The van der Waals surface area contributed by atoms with E-state index in [1.807, 2.05) is 0 Å². The first-order valence-electron chi connectivity index (χ1n) is 9.69. The fourth-order valence-electron chi connectivity index (χ4n) is 2.51. The molecule has 1 heterocycles. The van der Waals surface area contributed by atoms with E-state index in [2.05, 4.69) is 4.74 Å². The Balaban J connectivity index is 0.000000893.